The standard InChI is InChI=1S/C23H40N6O5/c1-15(2)11-28(19-20(24)29(12-16(3)4)22(32)25-21(19)31)18(30)13-26-7-9-27(10-8-26)23(33)34-14-17(5)6/h15-17H,7-14,24H2,1-6H3,(H,25,31,32). The molecule has 1 saturated heterocycles. The van der Waals surface area contributed by atoms with Gasteiger partial charge in [0.2, 0.25) is 5.91 Å². The normalized spacial score (nSPS) is 14.8. The SMILES string of the molecule is CC(C)COC(=O)N1CCN(CC(=O)N(CC(C)C)c2c(N)n(CC(C)C)c(=O)[nH]c2=O)CC1. The molecule has 0 unspecified atom stereocenters. The van der Waals surface area contributed by atoms with Gasteiger partial charge in [-0.25, -0.2) is 9.59 Å². The molecule has 11 heteroatoms. The van der Waals surface area contributed by atoms with Crippen molar-refractivity contribution in [1.82, 2.24) is 19.4 Å². The van der Waals surface area contributed by atoms with E-state index in [2.05, 4.69) is 4.98 Å². The largest absolute Gasteiger partial charge is 0.449 e. The van der Waals surface area contributed by atoms with Crippen molar-refractivity contribution in [3.63, 3.8) is 0 Å². The number of hydrogen-bond acceptors (Lipinski definition) is 7. The number of carbonyl (C=O) groups excluding carboxylic acids is 2. The predicted molar refractivity (Wildman–Crippen MR) is 132 cm³/mol. The highest BCUT2D eigenvalue weighted by Gasteiger charge is 2.29. The molecule has 2 amide bonds. The molecule has 34 heavy (non-hydrogen) atoms. The molecule has 3 N–H and O–H groups in total. The Morgan fingerprint density at radius 2 is 1.62 bits per heavy atom. The van der Waals surface area contributed by atoms with Crippen molar-refractivity contribution in [1.29, 1.82) is 0 Å². The van der Waals surface area contributed by atoms with Crippen LogP contribution in [0.15, 0.2) is 9.59 Å². The highest BCUT2D eigenvalue weighted by atomic mass is 16.6. The lowest BCUT2D eigenvalue weighted by atomic mass is 10.2. The molecular formula is C23H40N6O5. The van der Waals surface area contributed by atoms with Crippen molar-refractivity contribution in [2.45, 2.75) is 48.1 Å². The lowest BCUT2D eigenvalue weighted by Gasteiger charge is -2.35. The minimum absolute atomic E-state index is 0.00540. The fourth-order valence-corrected chi connectivity index (χ4v) is 3.76. The van der Waals surface area contributed by atoms with Gasteiger partial charge in [-0.3, -0.25) is 24.0 Å². The van der Waals surface area contributed by atoms with Gasteiger partial charge < -0.3 is 20.3 Å². The van der Waals surface area contributed by atoms with E-state index in [1.807, 2.05) is 46.4 Å². The van der Waals surface area contributed by atoms with Crippen LogP contribution in [-0.4, -0.2) is 77.2 Å². The quantitative estimate of drug-likeness (QED) is 0.542. The van der Waals surface area contributed by atoms with Gasteiger partial charge in [-0.1, -0.05) is 41.5 Å². The second kappa shape index (κ2) is 12.0. The number of ether oxygens (including phenoxy) is 1. The summed E-state index contributed by atoms with van der Waals surface area (Å²) in [6, 6.07) is 0. The van der Waals surface area contributed by atoms with E-state index in [1.165, 1.54) is 9.47 Å². The zero-order valence-electron chi connectivity index (χ0n) is 21.3. The van der Waals surface area contributed by atoms with Gasteiger partial charge in [0.05, 0.1) is 13.2 Å². The molecule has 1 aromatic heterocycles. The average molecular weight is 481 g/mol. The predicted octanol–water partition coefficient (Wildman–Crippen LogP) is 1.17. The number of carbonyl (C=O) groups is 2. The third-order valence-corrected chi connectivity index (χ3v) is 5.41. The molecule has 0 radical (unpaired) electrons. The molecule has 0 saturated carbocycles. The average Bonchev–Trinajstić information content (AvgIpc) is 2.74. The number of anilines is 2. The number of nitrogens with one attached hydrogen (secondary N) is 1. The maximum absolute atomic E-state index is 13.3. The Labute approximate surface area is 200 Å². The van der Waals surface area contributed by atoms with Crippen LogP contribution in [0.2, 0.25) is 0 Å². The van der Waals surface area contributed by atoms with Crippen LogP contribution in [-0.2, 0) is 16.1 Å². The molecule has 0 aliphatic carbocycles. The molecule has 0 spiro atoms. The van der Waals surface area contributed by atoms with Crippen LogP contribution in [0, 0.1) is 17.8 Å². The second-order valence-corrected chi connectivity index (χ2v) is 10.1. The maximum atomic E-state index is 13.3. The number of hydrogen-bond donors (Lipinski definition) is 2. The van der Waals surface area contributed by atoms with E-state index in [0.717, 1.165) is 0 Å². The third-order valence-electron chi connectivity index (χ3n) is 5.41. The number of nitrogens with two attached hydrogens (primary N) is 1. The molecule has 1 aromatic rings. The molecule has 192 valence electrons. The monoisotopic (exact) mass is 480 g/mol. The summed E-state index contributed by atoms with van der Waals surface area (Å²) in [4.78, 5) is 57.9. The fourth-order valence-electron chi connectivity index (χ4n) is 3.76. The van der Waals surface area contributed by atoms with Crippen LogP contribution in [0.3, 0.4) is 0 Å². The van der Waals surface area contributed by atoms with Crippen LogP contribution in [0.4, 0.5) is 16.3 Å². The highest BCUT2D eigenvalue weighted by molar-refractivity contribution is 5.96. The van der Waals surface area contributed by atoms with Gasteiger partial charge >= 0.3 is 11.8 Å². The molecule has 11 nitrogen and oxygen atoms in total. The summed E-state index contributed by atoms with van der Waals surface area (Å²) >= 11 is 0. The van der Waals surface area contributed by atoms with Crippen molar-refractivity contribution < 1.29 is 14.3 Å². The number of nitrogen functional groups attached to an aromatic ring is 1. The zero-order chi connectivity index (χ0) is 25.6. The number of amides is 2. The van der Waals surface area contributed by atoms with Gasteiger partial charge in [0.25, 0.3) is 5.56 Å². The molecular weight excluding hydrogens is 440 g/mol. The summed E-state index contributed by atoms with van der Waals surface area (Å²) in [5.41, 5.74) is 5.01. The summed E-state index contributed by atoms with van der Waals surface area (Å²) in [7, 11) is 0. The Morgan fingerprint density at radius 3 is 2.15 bits per heavy atom. The van der Waals surface area contributed by atoms with Crippen molar-refractivity contribution in [2.24, 2.45) is 17.8 Å². The number of piperazine rings is 1. The zero-order valence-corrected chi connectivity index (χ0v) is 21.3. The highest BCUT2D eigenvalue weighted by Crippen LogP contribution is 2.20. The first-order valence-electron chi connectivity index (χ1n) is 12.0. The Balaban J connectivity index is 2.17. The van der Waals surface area contributed by atoms with Crippen LogP contribution in [0.1, 0.15) is 41.5 Å². The van der Waals surface area contributed by atoms with Crippen molar-refractivity contribution in [3.8, 4) is 0 Å². The van der Waals surface area contributed by atoms with Crippen molar-refractivity contribution in [3.05, 3.63) is 20.8 Å². The van der Waals surface area contributed by atoms with Gasteiger partial charge in [0.1, 0.15) is 5.82 Å². The van der Waals surface area contributed by atoms with E-state index in [-0.39, 0.29) is 54.3 Å². The van der Waals surface area contributed by atoms with Crippen LogP contribution in [0.5, 0.6) is 0 Å². The molecule has 0 atom stereocenters. The molecule has 2 heterocycles. The third kappa shape index (κ3) is 7.34. The summed E-state index contributed by atoms with van der Waals surface area (Å²) < 4.78 is 6.60. The maximum Gasteiger partial charge on any atom is 0.409 e. The Hall–Kier alpha value is -2.82. The first-order chi connectivity index (χ1) is 15.9. The number of nitrogens with zero attached hydrogens (tertiary/aromatic N) is 4. The van der Waals surface area contributed by atoms with Crippen LogP contribution >= 0.6 is 0 Å². The minimum Gasteiger partial charge on any atom is -0.449 e. The summed E-state index contributed by atoms with van der Waals surface area (Å²) in [5.74, 6) is 0.170. The van der Waals surface area contributed by atoms with Crippen molar-refractivity contribution >= 4 is 23.5 Å². The number of rotatable bonds is 9. The summed E-state index contributed by atoms with van der Waals surface area (Å²) in [6.07, 6.45) is -0.340. The molecule has 1 fully saturated rings. The first-order valence-corrected chi connectivity index (χ1v) is 12.0. The van der Waals surface area contributed by atoms with E-state index < -0.39 is 11.2 Å². The van der Waals surface area contributed by atoms with Gasteiger partial charge in [-0.2, -0.15) is 0 Å². The van der Waals surface area contributed by atoms with E-state index in [0.29, 0.717) is 39.3 Å². The van der Waals surface area contributed by atoms with E-state index in [9.17, 15) is 19.2 Å². The Morgan fingerprint density at radius 1 is 1.00 bits per heavy atom. The topological polar surface area (TPSA) is 134 Å². The van der Waals surface area contributed by atoms with E-state index in [1.54, 1.807) is 4.90 Å². The number of aromatic amines is 1. The molecule has 1 aliphatic heterocycles. The smallest absolute Gasteiger partial charge is 0.409 e. The Bertz CT molecular complexity index is 960. The minimum atomic E-state index is -0.672. The van der Waals surface area contributed by atoms with E-state index in [4.69, 9.17) is 10.5 Å². The van der Waals surface area contributed by atoms with Crippen molar-refractivity contribution in [2.75, 3.05) is 56.5 Å². The summed E-state index contributed by atoms with van der Waals surface area (Å²) in [5, 5.41) is 0. The van der Waals surface area contributed by atoms with Crippen LogP contribution in [0.25, 0.3) is 0 Å². The molecule has 0 aromatic carbocycles. The van der Waals surface area contributed by atoms with Gasteiger partial charge in [0.15, 0.2) is 5.69 Å². The molecule has 1 aliphatic rings. The second-order valence-electron chi connectivity index (χ2n) is 10.1. The molecule has 0 bridgehead atoms. The van der Waals surface area contributed by atoms with Gasteiger partial charge in [0, 0.05) is 39.3 Å². The number of aromatic nitrogens is 2. The van der Waals surface area contributed by atoms with Gasteiger partial charge in [-0.05, 0) is 17.8 Å². The first kappa shape index (κ1) is 27.4. The lowest BCUT2D eigenvalue weighted by molar-refractivity contribution is -0.120. The van der Waals surface area contributed by atoms with Crippen LogP contribution < -0.4 is 21.9 Å². The molecule has 2 rings (SSSR count). The van der Waals surface area contributed by atoms with E-state index >= 15 is 0 Å². The summed E-state index contributed by atoms with van der Waals surface area (Å²) in [6.45, 7) is 14.7. The number of H-pyrrole nitrogens is 1. The lowest BCUT2D eigenvalue weighted by Crippen LogP contribution is -2.53. The fraction of sp³-hybridized carbons (Fsp3) is 0.739. The van der Waals surface area contributed by atoms with Gasteiger partial charge in [-0.15, -0.1) is 0 Å². The Kier molecular flexibility index (Phi) is 9.72.